The van der Waals surface area contributed by atoms with E-state index in [2.05, 4.69) is 37.3 Å². The molecule has 2 heteroatoms. The maximum Gasteiger partial charge on any atom is 0.136 e. The van der Waals surface area contributed by atoms with Crippen LogP contribution in [-0.2, 0) is 0 Å². The molecule has 3 aromatic carbocycles. The molecule has 4 aromatic rings. The third-order valence-corrected chi connectivity index (χ3v) is 3.92. The predicted molar refractivity (Wildman–Crippen MR) is 88.3 cm³/mol. The molecule has 102 valence electrons. The van der Waals surface area contributed by atoms with Gasteiger partial charge in [0.25, 0.3) is 0 Å². The smallest absolute Gasteiger partial charge is 0.136 e. The molecule has 21 heavy (non-hydrogen) atoms. The fraction of sp³-hybridized carbons (Fsp3) is 0.0526. The summed E-state index contributed by atoms with van der Waals surface area (Å²) in [4.78, 5) is 0. The average Bonchev–Trinajstić information content (AvgIpc) is 2.87. The van der Waals surface area contributed by atoms with Crippen molar-refractivity contribution in [2.24, 2.45) is 0 Å². The minimum absolute atomic E-state index is 0.776. The fourth-order valence-corrected chi connectivity index (χ4v) is 2.86. The second-order valence-electron chi connectivity index (χ2n) is 5.37. The number of nitrogen functional groups attached to an aromatic ring is 1. The van der Waals surface area contributed by atoms with E-state index in [1.165, 1.54) is 5.56 Å². The van der Waals surface area contributed by atoms with E-state index >= 15 is 0 Å². The van der Waals surface area contributed by atoms with E-state index in [9.17, 15) is 0 Å². The van der Waals surface area contributed by atoms with Crippen LogP contribution in [0, 0.1) is 6.92 Å². The van der Waals surface area contributed by atoms with Crippen molar-refractivity contribution in [1.29, 1.82) is 0 Å². The lowest BCUT2D eigenvalue weighted by molar-refractivity contribution is 0.669. The molecule has 2 N–H and O–H groups in total. The SMILES string of the molecule is Cc1ccc(-c2c(N)ccc3oc4ccccc4c23)cc1. The summed E-state index contributed by atoms with van der Waals surface area (Å²) in [7, 11) is 0. The van der Waals surface area contributed by atoms with Gasteiger partial charge in [-0.15, -0.1) is 0 Å². The molecule has 0 aliphatic heterocycles. The van der Waals surface area contributed by atoms with Gasteiger partial charge in [-0.2, -0.15) is 0 Å². The zero-order chi connectivity index (χ0) is 14.4. The Bertz CT molecular complexity index is 949. The Morgan fingerprint density at radius 2 is 1.57 bits per heavy atom. The third-order valence-electron chi connectivity index (χ3n) is 3.92. The van der Waals surface area contributed by atoms with Crippen LogP contribution in [0.5, 0.6) is 0 Å². The molecular formula is C19H15NO. The molecule has 0 spiro atoms. The van der Waals surface area contributed by atoms with Crippen LogP contribution in [0.4, 0.5) is 5.69 Å². The molecule has 2 nitrogen and oxygen atoms in total. The number of aryl methyl sites for hydroxylation is 1. The van der Waals surface area contributed by atoms with Gasteiger partial charge in [-0.05, 0) is 30.7 Å². The van der Waals surface area contributed by atoms with Gasteiger partial charge in [0.2, 0.25) is 0 Å². The summed E-state index contributed by atoms with van der Waals surface area (Å²) >= 11 is 0. The molecule has 4 rings (SSSR count). The average molecular weight is 273 g/mol. The first-order chi connectivity index (χ1) is 10.2. The highest BCUT2D eigenvalue weighted by atomic mass is 16.3. The van der Waals surface area contributed by atoms with Crippen LogP contribution in [0.25, 0.3) is 33.1 Å². The van der Waals surface area contributed by atoms with Gasteiger partial charge in [0.15, 0.2) is 0 Å². The second kappa shape index (κ2) is 4.38. The van der Waals surface area contributed by atoms with Gasteiger partial charge in [-0.25, -0.2) is 0 Å². The van der Waals surface area contributed by atoms with E-state index in [1.807, 2.05) is 30.3 Å². The number of rotatable bonds is 1. The quantitative estimate of drug-likeness (QED) is 0.487. The number of benzene rings is 3. The van der Waals surface area contributed by atoms with Crippen LogP contribution in [0.1, 0.15) is 5.56 Å². The summed E-state index contributed by atoms with van der Waals surface area (Å²) < 4.78 is 5.94. The van der Waals surface area contributed by atoms with E-state index in [0.29, 0.717) is 0 Å². The molecular weight excluding hydrogens is 258 g/mol. The maximum absolute atomic E-state index is 6.27. The number of hydrogen-bond acceptors (Lipinski definition) is 2. The summed E-state index contributed by atoms with van der Waals surface area (Å²) in [5, 5.41) is 2.20. The van der Waals surface area contributed by atoms with Crippen molar-refractivity contribution < 1.29 is 4.42 Å². The number of hydrogen-bond donors (Lipinski definition) is 1. The fourth-order valence-electron chi connectivity index (χ4n) is 2.86. The van der Waals surface area contributed by atoms with Gasteiger partial charge in [-0.3, -0.25) is 0 Å². The Hall–Kier alpha value is -2.74. The lowest BCUT2D eigenvalue weighted by atomic mass is 9.97. The van der Waals surface area contributed by atoms with Crippen molar-refractivity contribution in [2.45, 2.75) is 6.92 Å². The highest BCUT2D eigenvalue weighted by molar-refractivity contribution is 6.15. The number of anilines is 1. The molecule has 0 saturated carbocycles. The van der Waals surface area contributed by atoms with Gasteiger partial charge in [0, 0.05) is 22.0 Å². The molecule has 0 aliphatic carbocycles. The van der Waals surface area contributed by atoms with Crippen molar-refractivity contribution in [1.82, 2.24) is 0 Å². The lowest BCUT2D eigenvalue weighted by Crippen LogP contribution is -1.90. The highest BCUT2D eigenvalue weighted by Gasteiger charge is 2.14. The van der Waals surface area contributed by atoms with Crippen LogP contribution >= 0.6 is 0 Å². The number of nitrogens with two attached hydrogens (primary N) is 1. The Morgan fingerprint density at radius 3 is 2.38 bits per heavy atom. The number of para-hydroxylation sites is 1. The molecule has 0 fully saturated rings. The normalized spacial score (nSPS) is 11.3. The molecule has 0 saturated heterocycles. The zero-order valence-electron chi connectivity index (χ0n) is 11.8. The topological polar surface area (TPSA) is 39.2 Å². The first-order valence-electron chi connectivity index (χ1n) is 7.01. The van der Waals surface area contributed by atoms with Crippen molar-refractivity contribution in [2.75, 3.05) is 5.73 Å². The van der Waals surface area contributed by atoms with Crippen LogP contribution in [0.2, 0.25) is 0 Å². The lowest BCUT2D eigenvalue weighted by Gasteiger charge is -2.08. The van der Waals surface area contributed by atoms with E-state index < -0.39 is 0 Å². The molecule has 0 unspecified atom stereocenters. The summed E-state index contributed by atoms with van der Waals surface area (Å²) in [6.45, 7) is 2.08. The predicted octanol–water partition coefficient (Wildman–Crippen LogP) is 5.14. The Labute approximate surface area is 122 Å². The Balaban J connectivity index is 2.16. The highest BCUT2D eigenvalue weighted by Crippen LogP contribution is 2.39. The molecule has 0 aliphatic rings. The van der Waals surface area contributed by atoms with E-state index in [-0.39, 0.29) is 0 Å². The van der Waals surface area contributed by atoms with Crippen molar-refractivity contribution in [3.63, 3.8) is 0 Å². The summed E-state index contributed by atoms with van der Waals surface area (Å²) in [6, 6.07) is 20.4. The molecule has 1 aromatic heterocycles. The monoisotopic (exact) mass is 273 g/mol. The molecule has 0 atom stereocenters. The number of furan rings is 1. The van der Waals surface area contributed by atoms with Crippen LogP contribution < -0.4 is 5.73 Å². The largest absolute Gasteiger partial charge is 0.456 e. The van der Waals surface area contributed by atoms with Gasteiger partial charge in [0.1, 0.15) is 11.2 Å². The van der Waals surface area contributed by atoms with Gasteiger partial charge < -0.3 is 10.2 Å². The van der Waals surface area contributed by atoms with E-state index in [1.54, 1.807) is 0 Å². The molecule has 0 radical (unpaired) electrons. The third kappa shape index (κ3) is 1.80. The van der Waals surface area contributed by atoms with Crippen LogP contribution in [0.3, 0.4) is 0 Å². The van der Waals surface area contributed by atoms with E-state index in [4.69, 9.17) is 10.2 Å². The zero-order valence-corrected chi connectivity index (χ0v) is 11.8. The van der Waals surface area contributed by atoms with E-state index in [0.717, 1.165) is 38.8 Å². The maximum atomic E-state index is 6.27. The minimum atomic E-state index is 0.776. The second-order valence-corrected chi connectivity index (χ2v) is 5.37. The van der Waals surface area contributed by atoms with Crippen LogP contribution in [-0.4, -0.2) is 0 Å². The van der Waals surface area contributed by atoms with Gasteiger partial charge in [-0.1, -0.05) is 48.0 Å². The first kappa shape index (κ1) is 12.0. The summed E-state index contributed by atoms with van der Waals surface area (Å²) in [5.41, 5.74) is 12.2. The van der Waals surface area contributed by atoms with Gasteiger partial charge in [0.05, 0.1) is 0 Å². The summed E-state index contributed by atoms with van der Waals surface area (Å²) in [6.07, 6.45) is 0. The standard InChI is InChI=1S/C19H15NO/c1-12-6-8-13(9-7-12)18-15(20)10-11-17-19(18)14-4-2-3-5-16(14)21-17/h2-11H,20H2,1H3. The minimum Gasteiger partial charge on any atom is -0.456 e. The Morgan fingerprint density at radius 1 is 0.810 bits per heavy atom. The number of fused-ring (bicyclic) bond motifs is 3. The van der Waals surface area contributed by atoms with Crippen molar-refractivity contribution in [3.8, 4) is 11.1 Å². The van der Waals surface area contributed by atoms with Crippen LogP contribution in [0.15, 0.2) is 65.1 Å². The molecule has 0 amide bonds. The Kier molecular flexibility index (Phi) is 2.51. The molecule has 0 bridgehead atoms. The summed E-state index contributed by atoms with van der Waals surface area (Å²) in [5.74, 6) is 0. The van der Waals surface area contributed by atoms with Crippen molar-refractivity contribution in [3.05, 3.63) is 66.2 Å². The van der Waals surface area contributed by atoms with Gasteiger partial charge >= 0.3 is 0 Å². The van der Waals surface area contributed by atoms with Crippen molar-refractivity contribution >= 4 is 27.6 Å². The molecule has 1 heterocycles. The first-order valence-corrected chi connectivity index (χ1v) is 7.01.